The van der Waals surface area contributed by atoms with Gasteiger partial charge in [-0.2, -0.15) is 0 Å². The van der Waals surface area contributed by atoms with Crippen LogP contribution in [0.25, 0.3) is 0 Å². The minimum atomic E-state index is -3.65. The van der Waals surface area contributed by atoms with Crippen molar-refractivity contribution < 1.29 is 23.0 Å². The lowest BCUT2D eigenvalue weighted by molar-refractivity contribution is 0.127. The Morgan fingerprint density at radius 3 is 2.86 bits per heavy atom. The highest BCUT2D eigenvalue weighted by atomic mass is 32.2. The van der Waals surface area contributed by atoms with Crippen molar-refractivity contribution in [1.82, 2.24) is 4.72 Å². The molecule has 1 aromatic carbocycles. The van der Waals surface area contributed by atoms with Gasteiger partial charge >= 0.3 is 0 Å². The fourth-order valence-corrected chi connectivity index (χ4v) is 3.38. The van der Waals surface area contributed by atoms with Crippen molar-refractivity contribution in [3.8, 4) is 5.75 Å². The third-order valence-electron chi connectivity index (χ3n) is 3.19. The van der Waals surface area contributed by atoms with E-state index >= 15 is 0 Å². The van der Waals surface area contributed by atoms with Gasteiger partial charge in [-0.3, -0.25) is 0 Å². The van der Waals surface area contributed by atoms with Crippen LogP contribution in [-0.4, -0.2) is 44.7 Å². The fraction of sp³-hybridized carbons (Fsp3) is 0.429. The number of hydrogen-bond donors (Lipinski definition) is 2. The summed E-state index contributed by atoms with van der Waals surface area (Å²) in [6.45, 7) is 4.07. The summed E-state index contributed by atoms with van der Waals surface area (Å²) in [5, 5.41) is 8.68. The Morgan fingerprint density at radius 2 is 2.19 bits per heavy atom. The van der Waals surface area contributed by atoms with Crippen LogP contribution in [0.4, 0.5) is 0 Å². The van der Waals surface area contributed by atoms with E-state index < -0.39 is 21.4 Å². The topological polar surface area (TPSA) is 84.9 Å². The maximum atomic E-state index is 12.1. The maximum absolute atomic E-state index is 12.1. The predicted octanol–water partition coefficient (Wildman–Crippen LogP) is 0.431. The first-order valence-corrected chi connectivity index (χ1v) is 8.15. The van der Waals surface area contributed by atoms with Crippen molar-refractivity contribution in [2.24, 2.45) is 0 Å². The quantitative estimate of drug-likeness (QED) is 0.713. The summed E-state index contributed by atoms with van der Waals surface area (Å²) in [6, 6.07) is 7.16. The average molecular weight is 313 g/mol. The Balaban J connectivity index is 2.04. The lowest BCUT2D eigenvalue weighted by atomic mass is 10.2. The molecule has 1 saturated heterocycles. The number of sulfonamides is 1. The Hall–Kier alpha value is -1.41. The van der Waals surface area contributed by atoms with Gasteiger partial charge in [-0.1, -0.05) is 30.9 Å². The van der Waals surface area contributed by atoms with Crippen LogP contribution in [0.1, 0.15) is 5.56 Å². The van der Waals surface area contributed by atoms with Gasteiger partial charge in [0.1, 0.15) is 17.6 Å². The van der Waals surface area contributed by atoms with Gasteiger partial charge < -0.3 is 14.6 Å². The van der Waals surface area contributed by atoms with E-state index in [9.17, 15) is 13.5 Å². The highest BCUT2D eigenvalue weighted by Crippen LogP contribution is 2.19. The molecule has 0 bridgehead atoms. The van der Waals surface area contributed by atoms with Gasteiger partial charge in [0.25, 0.3) is 0 Å². The Kier molecular flexibility index (Phi) is 5.35. The molecule has 2 unspecified atom stereocenters. The predicted molar refractivity (Wildman–Crippen MR) is 78.5 cm³/mol. The second kappa shape index (κ2) is 7.04. The van der Waals surface area contributed by atoms with E-state index in [1.54, 1.807) is 24.3 Å². The summed E-state index contributed by atoms with van der Waals surface area (Å²) in [5.41, 5.74) is 0.719. The summed E-state index contributed by atoms with van der Waals surface area (Å²) in [4.78, 5) is 0. The van der Waals surface area contributed by atoms with E-state index in [2.05, 4.69) is 11.3 Å². The van der Waals surface area contributed by atoms with Gasteiger partial charge in [0.15, 0.2) is 0 Å². The molecule has 0 radical (unpaired) electrons. The number of nitrogens with one attached hydrogen (secondary N) is 1. The second-order valence-electron chi connectivity index (χ2n) is 4.72. The summed E-state index contributed by atoms with van der Waals surface area (Å²) < 4.78 is 37.2. The maximum Gasteiger partial charge on any atom is 0.219 e. The van der Waals surface area contributed by atoms with Crippen LogP contribution in [0.15, 0.2) is 36.9 Å². The minimum absolute atomic E-state index is 0.00507. The van der Waals surface area contributed by atoms with Crippen LogP contribution in [0.3, 0.4) is 0 Å². The zero-order chi connectivity index (χ0) is 15.3. The van der Waals surface area contributed by atoms with E-state index in [-0.39, 0.29) is 19.8 Å². The summed E-state index contributed by atoms with van der Waals surface area (Å²) in [7, 11) is -3.65. The number of para-hydroxylation sites is 1. The molecule has 7 heteroatoms. The van der Waals surface area contributed by atoms with E-state index in [1.165, 1.54) is 0 Å². The third-order valence-corrected chi connectivity index (χ3v) is 4.99. The molecule has 2 N–H and O–H groups in total. The SMILES string of the molecule is C=CCOc1ccccc1CNS(=O)(=O)C1COCC1O. The molecule has 1 aliphatic rings. The standard InChI is InChI=1S/C14H19NO5S/c1-2-7-20-13-6-4-3-5-11(13)8-15-21(17,18)14-10-19-9-12(14)16/h2-6,12,14-16H,1,7-10H2. The van der Waals surface area contributed by atoms with E-state index in [0.717, 1.165) is 5.56 Å². The highest BCUT2D eigenvalue weighted by molar-refractivity contribution is 7.90. The van der Waals surface area contributed by atoms with Crippen molar-refractivity contribution in [3.05, 3.63) is 42.5 Å². The highest BCUT2D eigenvalue weighted by Gasteiger charge is 2.37. The van der Waals surface area contributed by atoms with Crippen LogP contribution in [-0.2, 0) is 21.3 Å². The molecule has 2 atom stereocenters. The molecule has 6 nitrogen and oxygen atoms in total. The molecule has 0 amide bonds. The first-order chi connectivity index (χ1) is 10.0. The first kappa shape index (κ1) is 16.0. The average Bonchev–Trinajstić information content (AvgIpc) is 2.91. The van der Waals surface area contributed by atoms with E-state index in [1.807, 2.05) is 6.07 Å². The Labute approximate surface area is 124 Å². The van der Waals surface area contributed by atoms with E-state index in [4.69, 9.17) is 9.47 Å². The minimum Gasteiger partial charge on any atom is -0.489 e. The van der Waals surface area contributed by atoms with Crippen molar-refractivity contribution in [2.75, 3.05) is 19.8 Å². The number of aliphatic hydroxyl groups is 1. The molecule has 21 heavy (non-hydrogen) atoms. The molecule has 2 rings (SSSR count). The lowest BCUT2D eigenvalue weighted by Crippen LogP contribution is -2.40. The molecular weight excluding hydrogens is 294 g/mol. The molecule has 0 saturated carbocycles. The Morgan fingerprint density at radius 1 is 1.43 bits per heavy atom. The molecule has 1 fully saturated rings. The van der Waals surface area contributed by atoms with Crippen LogP contribution in [0.5, 0.6) is 5.75 Å². The molecule has 116 valence electrons. The van der Waals surface area contributed by atoms with Gasteiger partial charge in [0.05, 0.1) is 19.3 Å². The van der Waals surface area contributed by atoms with E-state index in [0.29, 0.717) is 12.4 Å². The van der Waals surface area contributed by atoms with Crippen molar-refractivity contribution >= 4 is 10.0 Å². The molecule has 1 aliphatic heterocycles. The summed E-state index contributed by atoms with van der Waals surface area (Å²) in [6.07, 6.45) is 0.627. The zero-order valence-corrected chi connectivity index (χ0v) is 12.4. The van der Waals surface area contributed by atoms with Crippen molar-refractivity contribution in [3.63, 3.8) is 0 Å². The van der Waals surface area contributed by atoms with Gasteiger partial charge in [-0.05, 0) is 6.07 Å². The number of hydrogen-bond acceptors (Lipinski definition) is 5. The molecule has 0 spiro atoms. The van der Waals surface area contributed by atoms with Crippen LogP contribution in [0, 0.1) is 0 Å². The number of ether oxygens (including phenoxy) is 2. The van der Waals surface area contributed by atoms with Crippen LogP contribution >= 0.6 is 0 Å². The Bertz CT molecular complexity index is 587. The van der Waals surface area contributed by atoms with Gasteiger partial charge in [-0.25, -0.2) is 13.1 Å². The molecule has 1 heterocycles. The number of aliphatic hydroxyl groups excluding tert-OH is 1. The molecule has 0 aromatic heterocycles. The van der Waals surface area contributed by atoms with Crippen LogP contribution in [0.2, 0.25) is 0 Å². The number of benzene rings is 1. The fourth-order valence-electron chi connectivity index (χ4n) is 2.04. The normalized spacial score (nSPS) is 22.1. The van der Waals surface area contributed by atoms with Gasteiger partial charge in [-0.15, -0.1) is 0 Å². The van der Waals surface area contributed by atoms with Gasteiger partial charge in [0, 0.05) is 12.1 Å². The smallest absolute Gasteiger partial charge is 0.219 e. The largest absolute Gasteiger partial charge is 0.489 e. The molecular formula is C14H19NO5S. The van der Waals surface area contributed by atoms with Crippen molar-refractivity contribution in [2.45, 2.75) is 17.9 Å². The summed E-state index contributed by atoms with van der Waals surface area (Å²) in [5.74, 6) is 0.600. The second-order valence-corrected chi connectivity index (χ2v) is 6.70. The molecule has 1 aromatic rings. The summed E-state index contributed by atoms with van der Waals surface area (Å²) >= 11 is 0. The molecule has 0 aliphatic carbocycles. The third kappa shape index (κ3) is 4.04. The lowest BCUT2D eigenvalue weighted by Gasteiger charge is -2.16. The monoisotopic (exact) mass is 313 g/mol. The van der Waals surface area contributed by atoms with Crippen LogP contribution < -0.4 is 9.46 Å². The zero-order valence-electron chi connectivity index (χ0n) is 11.6. The van der Waals surface area contributed by atoms with Gasteiger partial charge in [0.2, 0.25) is 10.0 Å². The van der Waals surface area contributed by atoms with Crippen molar-refractivity contribution in [1.29, 1.82) is 0 Å². The number of rotatable bonds is 7. The first-order valence-electron chi connectivity index (χ1n) is 6.60.